The predicted octanol–water partition coefficient (Wildman–Crippen LogP) is 2.15. The molecule has 0 heterocycles. The van der Waals surface area contributed by atoms with E-state index in [4.69, 9.17) is 4.74 Å². The Morgan fingerprint density at radius 3 is 2.06 bits per heavy atom. The zero-order chi connectivity index (χ0) is 12.6. The van der Waals surface area contributed by atoms with Crippen molar-refractivity contribution in [3.63, 3.8) is 0 Å². The minimum atomic E-state index is 0. The molecule has 0 aliphatic heterocycles. The molecule has 0 aliphatic carbocycles. The smallest absolute Gasteiger partial charge is 0.195 e. The van der Waals surface area contributed by atoms with Crippen molar-refractivity contribution in [3.05, 3.63) is 0 Å². The number of rotatable bonds is 6. The van der Waals surface area contributed by atoms with E-state index in [1.807, 2.05) is 38.0 Å². The van der Waals surface area contributed by atoms with Gasteiger partial charge in [-0.15, -0.1) is 24.0 Å². The first-order valence-corrected chi connectivity index (χ1v) is 5.92. The van der Waals surface area contributed by atoms with E-state index >= 15 is 0 Å². The van der Waals surface area contributed by atoms with Crippen LogP contribution in [-0.2, 0) is 4.74 Å². The molecule has 0 bridgehead atoms. The molecule has 104 valence electrons. The molecule has 0 unspecified atom stereocenters. The molecule has 0 saturated carbocycles. The maximum absolute atomic E-state index is 5.50. The first-order chi connectivity index (χ1) is 7.45. The zero-order valence-electron chi connectivity index (χ0n) is 12.1. The minimum Gasteiger partial charge on any atom is -0.381 e. The molecule has 0 radical (unpaired) electrons. The molecule has 0 saturated heterocycles. The van der Waals surface area contributed by atoms with Crippen LogP contribution in [0.25, 0.3) is 0 Å². The summed E-state index contributed by atoms with van der Waals surface area (Å²) in [6, 6.07) is 0. The highest BCUT2D eigenvalue weighted by Gasteiger charge is 2.02. The Hall–Kier alpha value is -0.0400. The van der Waals surface area contributed by atoms with Gasteiger partial charge in [-0.2, -0.15) is 0 Å². The normalized spacial score (nSPS) is 9.82. The van der Waals surface area contributed by atoms with E-state index in [2.05, 4.69) is 18.8 Å². The van der Waals surface area contributed by atoms with Crippen molar-refractivity contribution in [1.82, 2.24) is 9.80 Å². The van der Waals surface area contributed by atoms with E-state index in [1.54, 1.807) is 0 Å². The molecule has 0 atom stereocenters. The third-order valence-electron chi connectivity index (χ3n) is 1.95. The Kier molecular flexibility index (Phi) is 12.6. The molecule has 0 spiro atoms. The van der Waals surface area contributed by atoms with Crippen LogP contribution in [0.1, 0.15) is 20.3 Å². The summed E-state index contributed by atoms with van der Waals surface area (Å²) in [6.07, 6.45) is 0.984. The van der Waals surface area contributed by atoms with Crippen LogP contribution < -0.4 is 0 Å². The van der Waals surface area contributed by atoms with Crippen LogP contribution >= 0.6 is 24.0 Å². The molecular formula is C12H28IN3O. The van der Waals surface area contributed by atoms with Gasteiger partial charge in [0.2, 0.25) is 0 Å². The number of ether oxygens (including phenoxy) is 1. The first-order valence-electron chi connectivity index (χ1n) is 5.92. The molecule has 4 nitrogen and oxygen atoms in total. The molecule has 0 N–H and O–H groups in total. The molecule has 0 aromatic rings. The summed E-state index contributed by atoms with van der Waals surface area (Å²) in [5.41, 5.74) is 0. The lowest BCUT2D eigenvalue weighted by Gasteiger charge is -2.22. The summed E-state index contributed by atoms with van der Waals surface area (Å²) >= 11 is 0. The largest absolute Gasteiger partial charge is 0.381 e. The summed E-state index contributed by atoms with van der Waals surface area (Å²) in [6.45, 7) is 6.79. The molecule has 0 rings (SSSR count). The van der Waals surface area contributed by atoms with Gasteiger partial charge in [0.05, 0.1) is 0 Å². The number of aliphatic imine (C=N–C) groups is 1. The number of nitrogens with zero attached hydrogens (tertiary/aromatic N) is 3. The highest BCUT2D eigenvalue weighted by molar-refractivity contribution is 14.0. The van der Waals surface area contributed by atoms with Gasteiger partial charge in [-0.25, -0.2) is 0 Å². The van der Waals surface area contributed by atoms with Crippen LogP contribution in [0.2, 0.25) is 0 Å². The molecule has 0 aromatic carbocycles. The Morgan fingerprint density at radius 1 is 1.12 bits per heavy atom. The van der Waals surface area contributed by atoms with Gasteiger partial charge in [0.1, 0.15) is 0 Å². The molecule has 0 aromatic heterocycles. The van der Waals surface area contributed by atoms with Crippen molar-refractivity contribution >= 4 is 29.9 Å². The number of guanidine groups is 1. The minimum absolute atomic E-state index is 0. The van der Waals surface area contributed by atoms with Crippen molar-refractivity contribution < 1.29 is 4.74 Å². The summed E-state index contributed by atoms with van der Waals surface area (Å²) in [7, 11) is 8.03. The quantitative estimate of drug-likeness (QED) is 0.316. The molecule has 5 heteroatoms. The van der Waals surface area contributed by atoms with Crippen molar-refractivity contribution in [1.29, 1.82) is 0 Å². The average Bonchev–Trinajstić information content (AvgIpc) is 2.14. The lowest BCUT2D eigenvalue weighted by Crippen LogP contribution is -2.35. The van der Waals surface area contributed by atoms with Crippen LogP contribution in [0.3, 0.4) is 0 Å². The van der Waals surface area contributed by atoms with Gasteiger partial charge in [0, 0.05) is 47.9 Å². The third kappa shape index (κ3) is 10.8. The van der Waals surface area contributed by atoms with E-state index < -0.39 is 0 Å². The fourth-order valence-corrected chi connectivity index (χ4v) is 1.35. The summed E-state index contributed by atoms with van der Waals surface area (Å²) < 4.78 is 5.50. The van der Waals surface area contributed by atoms with Gasteiger partial charge in [-0.05, 0) is 12.3 Å². The maximum Gasteiger partial charge on any atom is 0.195 e. The van der Waals surface area contributed by atoms with E-state index in [1.165, 1.54) is 0 Å². The zero-order valence-corrected chi connectivity index (χ0v) is 14.4. The fourth-order valence-electron chi connectivity index (χ4n) is 1.35. The Bertz CT molecular complexity index is 196. The molecule has 17 heavy (non-hydrogen) atoms. The van der Waals surface area contributed by atoms with E-state index in [0.717, 1.165) is 32.1 Å². The molecular weight excluding hydrogens is 329 g/mol. The van der Waals surface area contributed by atoms with Gasteiger partial charge in [-0.3, -0.25) is 4.99 Å². The lowest BCUT2D eigenvalue weighted by molar-refractivity contribution is 0.109. The SMILES string of the molecule is CC(C)COCCCN=C(N(C)C)N(C)C.I. The molecule has 0 aliphatic rings. The number of halogens is 1. The summed E-state index contributed by atoms with van der Waals surface area (Å²) in [4.78, 5) is 8.57. The lowest BCUT2D eigenvalue weighted by atomic mass is 10.2. The second kappa shape index (κ2) is 11.1. The van der Waals surface area contributed by atoms with Crippen LogP contribution in [0.15, 0.2) is 4.99 Å². The van der Waals surface area contributed by atoms with E-state index in [0.29, 0.717) is 5.92 Å². The van der Waals surface area contributed by atoms with Crippen molar-refractivity contribution in [2.24, 2.45) is 10.9 Å². The topological polar surface area (TPSA) is 28.1 Å². The Balaban J connectivity index is 0. The molecule has 0 amide bonds. The standard InChI is InChI=1S/C12H27N3O.HI/c1-11(2)10-16-9-7-8-13-12(14(3)4)15(5)6;/h11H,7-10H2,1-6H3;1H. The van der Waals surface area contributed by atoms with Crippen LogP contribution in [-0.4, -0.2) is 63.7 Å². The maximum atomic E-state index is 5.50. The van der Waals surface area contributed by atoms with Gasteiger partial charge < -0.3 is 14.5 Å². The van der Waals surface area contributed by atoms with E-state index in [-0.39, 0.29) is 24.0 Å². The summed E-state index contributed by atoms with van der Waals surface area (Å²) in [5.74, 6) is 1.62. The van der Waals surface area contributed by atoms with Crippen LogP contribution in [0.5, 0.6) is 0 Å². The number of hydrogen-bond donors (Lipinski definition) is 0. The van der Waals surface area contributed by atoms with Gasteiger partial charge >= 0.3 is 0 Å². The van der Waals surface area contributed by atoms with Gasteiger partial charge in [-0.1, -0.05) is 13.8 Å². The molecule has 0 fully saturated rings. The van der Waals surface area contributed by atoms with Gasteiger partial charge in [0.15, 0.2) is 5.96 Å². The highest BCUT2D eigenvalue weighted by Crippen LogP contribution is 1.95. The van der Waals surface area contributed by atoms with Crippen molar-refractivity contribution in [2.75, 3.05) is 47.9 Å². The highest BCUT2D eigenvalue weighted by atomic mass is 127. The van der Waals surface area contributed by atoms with Crippen molar-refractivity contribution in [2.45, 2.75) is 20.3 Å². The Morgan fingerprint density at radius 2 is 1.65 bits per heavy atom. The van der Waals surface area contributed by atoms with E-state index in [9.17, 15) is 0 Å². The fraction of sp³-hybridized carbons (Fsp3) is 0.917. The van der Waals surface area contributed by atoms with Crippen molar-refractivity contribution in [3.8, 4) is 0 Å². The number of hydrogen-bond acceptors (Lipinski definition) is 2. The third-order valence-corrected chi connectivity index (χ3v) is 1.95. The van der Waals surface area contributed by atoms with Crippen LogP contribution in [0, 0.1) is 5.92 Å². The summed E-state index contributed by atoms with van der Waals surface area (Å²) in [5, 5.41) is 0. The second-order valence-corrected chi connectivity index (χ2v) is 4.79. The Labute approximate surface area is 123 Å². The second-order valence-electron chi connectivity index (χ2n) is 4.79. The monoisotopic (exact) mass is 357 g/mol. The average molecular weight is 357 g/mol. The van der Waals surface area contributed by atoms with Crippen LogP contribution in [0.4, 0.5) is 0 Å². The first kappa shape index (κ1) is 19.3. The van der Waals surface area contributed by atoms with Gasteiger partial charge in [0.25, 0.3) is 0 Å². The predicted molar refractivity (Wildman–Crippen MR) is 85.4 cm³/mol.